The molecule has 6 nitrogen and oxygen atoms in total. The first-order valence-electron chi connectivity index (χ1n) is 8.23. The molecule has 2 amide bonds. The van der Waals surface area contributed by atoms with E-state index in [1.807, 2.05) is 30.3 Å². The number of hydrogen-bond donors (Lipinski definition) is 1. The molecule has 2 aromatic heterocycles. The lowest BCUT2D eigenvalue weighted by atomic mass is 10.2. The molecule has 25 heavy (non-hydrogen) atoms. The van der Waals surface area contributed by atoms with Crippen molar-refractivity contribution >= 4 is 28.5 Å². The summed E-state index contributed by atoms with van der Waals surface area (Å²) in [6, 6.07) is 14.2. The smallest absolute Gasteiger partial charge is 0.290 e. The summed E-state index contributed by atoms with van der Waals surface area (Å²) < 4.78 is 5.17. The molecule has 0 bridgehead atoms. The summed E-state index contributed by atoms with van der Waals surface area (Å²) >= 11 is 0. The Labute approximate surface area is 144 Å². The van der Waals surface area contributed by atoms with Gasteiger partial charge in [0.2, 0.25) is 5.91 Å². The predicted octanol–water partition coefficient (Wildman–Crippen LogP) is 3.07. The monoisotopic (exact) mass is 335 g/mol. The molecule has 1 aliphatic rings. The van der Waals surface area contributed by atoms with Crippen molar-refractivity contribution in [2.24, 2.45) is 0 Å². The normalized spacial score (nSPS) is 17.0. The Morgan fingerprint density at radius 1 is 1.12 bits per heavy atom. The van der Waals surface area contributed by atoms with E-state index in [0.29, 0.717) is 18.8 Å². The number of likely N-dealkylation sites (tertiary alicyclic amines) is 1. The fourth-order valence-electron chi connectivity index (χ4n) is 3.17. The topological polar surface area (TPSA) is 75.4 Å². The molecule has 1 atom stereocenters. The van der Waals surface area contributed by atoms with Gasteiger partial charge in [-0.1, -0.05) is 18.2 Å². The number of hydrogen-bond acceptors (Lipinski definition) is 4. The second-order valence-electron chi connectivity index (χ2n) is 6.01. The van der Waals surface area contributed by atoms with Crippen LogP contribution in [0.2, 0.25) is 0 Å². The third-order valence-electron chi connectivity index (χ3n) is 4.40. The van der Waals surface area contributed by atoms with Gasteiger partial charge in [-0.15, -0.1) is 0 Å². The van der Waals surface area contributed by atoms with E-state index in [1.54, 1.807) is 23.1 Å². The minimum Gasteiger partial charge on any atom is -0.459 e. The highest BCUT2D eigenvalue weighted by Crippen LogP contribution is 2.22. The van der Waals surface area contributed by atoms with Gasteiger partial charge in [-0.05, 0) is 43.2 Å². The number of para-hydroxylation sites is 1. The maximum atomic E-state index is 12.7. The molecule has 1 fully saturated rings. The highest BCUT2D eigenvalue weighted by atomic mass is 16.3. The zero-order valence-electron chi connectivity index (χ0n) is 13.5. The Morgan fingerprint density at radius 2 is 2.00 bits per heavy atom. The summed E-state index contributed by atoms with van der Waals surface area (Å²) in [4.78, 5) is 31.2. The predicted molar refractivity (Wildman–Crippen MR) is 93.1 cm³/mol. The van der Waals surface area contributed by atoms with Crippen molar-refractivity contribution in [2.75, 3.05) is 11.9 Å². The van der Waals surface area contributed by atoms with Crippen LogP contribution in [0.3, 0.4) is 0 Å². The van der Waals surface area contributed by atoms with E-state index in [1.165, 1.54) is 6.26 Å². The lowest BCUT2D eigenvalue weighted by Gasteiger charge is -2.22. The molecule has 0 aliphatic carbocycles. The summed E-state index contributed by atoms with van der Waals surface area (Å²) in [7, 11) is 0. The van der Waals surface area contributed by atoms with E-state index in [-0.39, 0.29) is 17.6 Å². The highest BCUT2D eigenvalue weighted by Gasteiger charge is 2.35. The number of carbonyl (C=O) groups is 2. The zero-order valence-corrected chi connectivity index (χ0v) is 13.5. The fourth-order valence-corrected chi connectivity index (χ4v) is 3.17. The van der Waals surface area contributed by atoms with Gasteiger partial charge in [-0.3, -0.25) is 9.59 Å². The number of fused-ring (bicyclic) bond motifs is 1. The van der Waals surface area contributed by atoms with Crippen LogP contribution in [0.25, 0.3) is 10.9 Å². The number of nitrogens with zero attached hydrogens (tertiary/aromatic N) is 2. The van der Waals surface area contributed by atoms with Crippen LogP contribution in [0.4, 0.5) is 5.82 Å². The Bertz CT molecular complexity index is 921. The minimum atomic E-state index is -0.508. The Hall–Kier alpha value is -3.15. The van der Waals surface area contributed by atoms with Crippen LogP contribution in [-0.2, 0) is 4.79 Å². The second kappa shape index (κ2) is 6.39. The SMILES string of the molecule is O=C(Nc1ccc2ccccc2n1)[C@H]1CCCN1C(=O)c1ccco1. The third kappa shape index (κ3) is 2.98. The minimum absolute atomic E-state index is 0.222. The van der Waals surface area contributed by atoms with Gasteiger partial charge in [0.15, 0.2) is 5.76 Å². The average molecular weight is 335 g/mol. The number of furan rings is 1. The number of carbonyl (C=O) groups excluding carboxylic acids is 2. The molecule has 1 aliphatic heterocycles. The van der Waals surface area contributed by atoms with Crippen molar-refractivity contribution in [1.82, 2.24) is 9.88 Å². The van der Waals surface area contributed by atoms with Crippen molar-refractivity contribution in [2.45, 2.75) is 18.9 Å². The number of rotatable bonds is 3. The fraction of sp³-hybridized carbons (Fsp3) is 0.211. The van der Waals surface area contributed by atoms with Gasteiger partial charge in [0, 0.05) is 11.9 Å². The summed E-state index contributed by atoms with van der Waals surface area (Å²) in [5.41, 5.74) is 0.815. The van der Waals surface area contributed by atoms with E-state index in [4.69, 9.17) is 4.42 Å². The van der Waals surface area contributed by atoms with E-state index < -0.39 is 6.04 Å². The quantitative estimate of drug-likeness (QED) is 0.798. The lowest BCUT2D eigenvalue weighted by molar-refractivity contribution is -0.119. The van der Waals surface area contributed by atoms with Crippen molar-refractivity contribution in [3.05, 3.63) is 60.6 Å². The molecule has 3 heterocycles. The number of pyridine rings is 1. The Morgan fingerprint density at radius 3 is 2.84 bits per heavy atom. The standard InChI is InChI=1S/C19H17N3O3/c23-18(21-17-10-9-13-5-1-2-6-14(13)20-17)15-7-3-11-22(15)19(24)16-8-4-12-25-16/h1-2,4-6,8-10,12,15H,3,7,11H2,(H,20,21,23)/t15-/m1/s1. The number of benzene rings is 1. The first kappa shape index (κ1) is 15.4. The molecule has 1 N–H and O–H groups in total. The zero-order chi connectivity index (χ0) is 17.2. The molecule has 0 spiro atoms. The van der Waals surface area contributed by atoms with Crippen LogP contribution >= 0.6 is 0 Å². The van der Waals surface area contributed by atoms with Gasteiger partial charge >= 0.3 is 0 Å². The average Bonchev–Trinajstić information content (AvgIpc) is 3.33. The molecule has 6 heteroatoms. The van der Waals surface area contributed by atoms with Crippen molar-refractivity contribution in [3.8, 4) is 0 Å². The maximum absolute atomic E-state index is 12.7. The first-order valence-corrected chi connectivity index (χ1v) is 8.23. The van der Waals surface area contributed by atoms with E-state index in [9.17, 15) is 9.59 Å². The van der Waals surface area contributed by atoms with E-state index in [0.717, 1.165) is 17.3 Å². The summed E-state index contributed by atoms with van der Waals surface area (Å²) in [5, 5.41) is 3.84. The van der Waals surface area contributed by atoms with Crippen LogP contribution < -0.4 is 5.32 Å². The number of amides is 2. The van der Waals surface area contributed by atoms with Crippen LogP contribution in [0.15, 0.2) is 59.2 Å². The van der Waals surface area contributed by atoms with E-state index in [2.05, 4.69) is 10.3 Å². The molecular formula is C19H17N3O3. The van der Waals surface area contributed by atoms with Crippen LogP contribution in [0.5, 0.6) is 0 Å². The van der Waals surface area contributed by atoms with Gasteiger partial charge in [0.25, 0.3) is 5.91 Å². The van der Waals surface area contributed by atoms with Crippen LogP contribution in [-0.4, -0.2) is 34.3 Å². The number of nitrogens with one attached hydrogen (secondary N) is 1. The molecule has 1 aromatic carbocycles. The van der Waals surface area contributed by atoms with Gasteiger partial charge in [0.05, 0.1) is 11.8 Å². The maximum Gasteiger partial charge on any atom is 0.290 e. The Balaban J connectivity index is 1.52. The molecule has 126 valence electrons. The summed E-state index contributed by atoms with van der Waals surface area (Å²) in [6.07, 6.45) is 2.87. The summed E-state index contributed by atoms with van der Waals surface area (Å²) in [5.74, 6) is 0.263. The largest absolute Gasteiger partial charge is 0.459 e. The molecule has 4 rings (SSSR count). The molecule has 1 saturated heterocycles. The van der Waals surface area contributed by atoms with Crippen LogP contribution in [0, 0.1) is 0 Å². The van der Waals surface area contributed by atoms with Gasteiger partial charge in [-0.2, -0.15) is 0 Å². The third-order valence-corrected chi connectivity index (χ3v) is 4.40. The Kier molecular flexibility index (Phi) is 3.93. The molecule has 0 saturated carbocycles. The van der Waals surface area contributed by atoms with Crippen molar-refractivity contribution < 1.29 is 14.0 Å². The van der Waals surface area contributed by atoms with Crippen molar-refractivity contribution in [3.63, 3.8) is 0 Å². The number of aromatic nitrogens is 1. The van der Waals surface area contributed by atoms with Crippen molar-refractivity contribution in [1.29, 1.82) is 0 Å². The lowest BCUT2D eigenvalue weighted by Crippen LogP contribution is -2.43. The molecule has 0 unspecified atom stereocenters. The van der Waals surface area contributed by atoms with Gasteiger partial charge < -0.3 is 14.6 Å². The van der Waals surface area contributed by atoms with Crippen LogP contribution in [0.1, 0.15) is 23.4 Å². The second-order valence-corrected chi connectivity index (χ2v) is 6.01. The van der Waals surface area contributed by atoms with Gasteiger partial charge in [0.1, 0.15) is 11.9 Å². The first-order chi connectivity index (χ1) is 12.2. The number of anilines is 1. The van der Waals surface area contributed by atoms with Gasteiger partial charge in [-0.25, -0.2) is 4.98 Å². The summed E-state index contributed by atoms with van der Waals surface area (Å²) in [6.45, 7) is 0.544. The molecule has 3 aromatic rings. The molecule has 0 radical (unpaired) electrons. The van der Waals surface area contributed by atoms with E-state index >= 15 is 0 Å². The molecular weight excluding hydrogens is 318 g/mol. The highest BCUT2D eigenvalue weighted by molar-refractivity contribution is 6.00.